The van der Waals surface area contributed by atoms with Gasteiger partial charge in [-0.15, -0.1) is 0 Å². The molecule has 0 atom stereocenters. The van der Waals surface area contributed by atoms with E-state index < -0.39 is 0 Å². The van der Waals surface area contributed by atoms with Gasteiger partial charge in [-0.3, -0.25) is 0 Å². The molecule has 2 heteroatoms. The summed E-state index contributed by atoms with van der Waals surface area (Å²) in [5.74, 6) is 0. The molecular weight excluding hydrogens is 220 g/mol. The summed E-state index contributed by atoms with van der Waals surface area (Å²) in [7, 11) is 0. The maximum absolute atomic E-state index is 3.65. The lowest BCUT2D eigenvalue weighted by Gasteiger charge is -2.14. The first-order valence-electron chi connectivity index (χ1n) is 7.09. The summed E-state index contributed by atoms with van der Waals surface area (Å²) in [4.78, 5) is 3.34. The molecular formula is C16H22N2. The lowest BCUT2D eigenvalue weighted by atomic mass is 10.0. The molecule has 1 aliphatic rings. The maximum Gasteiger partial charge on any atom is 0.0457 e. The minimum absolute atomic E-state index is 0.640. The molecule has 1 aromatic carbocycles. The van der Waals surface area contributed by atoms with Crippen LogP contribution in [0.4, 0.5) is 0 Å². The van der Waals surface area contributed by atoms with Crippen LogP contribution in [-0.4, -0.2) is 11.5 Å². The van der Waals surface area contributed by atoms with E-state index in [9.17, 15) is 0 Å². The van der Waals surface area contributed by atoms with Gasteiger partial charge in [0.15, 0.2) is 0 Å². The third-order valence-electron chi connectivity index (χ3n) is 4.23. The normalized spacial score (nSPS) is 17.2. The average Bonchev–Trinajstić information content (AvgIpc) is 3.02. The fraction of sp³-hybridized carbons (Fsp3) is 0.500. The Bertz CT molecular complexity index is 523. The number of aromatic nitrogens is 1. The Kier molecular flexibility index (Phi) is 3.13. The van der Waals surface area contributed by atoms with Gasteiger partial charge in [0.1, 0.15) is 0 Å². The van der Waals surface area contributed by atoms with Crippen LogP contribution < -0.4 is 5.32 Å². The monoisotopic (exact) mass is 242 g/mol. The first-order valence-corrected chi connectivity index (χ1v) is 7.09. The van der Waals surface area contributed by atoms with Crippen molar-refractivity contribution in [3.63, 3.8) is 0 Å². The summed E-state index contributed by atoms with van der Waals surface area (Å²) < 4.78 is 0. The van der Waals surface area contributed by atoms with Crippen molar-refractivity contribution in [3.05, 3.63) is 36.0 Å². The molecule has 3 rings (SSSR count). The Labute approximate surface area is 109 Å². The fourth-order valence-corrected chi connectivity index (χ4v) is 2.96. The molecule has 2 N–H and O–H groups in total. The second-order valence-electron chi connectivity index (χ2n) is 5.71. The van der Waals surface area contributed by atoms with E-state index in [0.717, 1.165) is 6.54 Å². The molecule has 18 heavy (non-hydrogen) atoms. The summed E-state index contributed by atoms with van der Waals surface area (Å²) in [6, 6.07) is 8.52. The van der Waals surface area contributed by atoms with E-state index in [-0.39, 0.29) is 0 Å². The predicted molar refractivity (Wildman–Crippen MR) is 76.6 cm³/mol. The number of aromatic amines is 1. The number of para-hydroxylation sites is 1. The van der Waals surface area contributed by atoms with Crippen LogP contribution in [0.15, 0.2) is 30.5 Å². The number of H-pyrrole nitrogens is 1. The topological polar surface area (TPSA) is 27.8 Å². The van der Waals surface area contributed by atoms with Gasteiger partial charge >= 0.3 is 0 Å². The van der Waals surface area contributed by atoms with Crippen LogP contribution in [0.25, 0.3) is 10.9 Å². The molecule has 0 aliphatic heterocycles. The van der Waals surface area contributed by atoms with Gasteiger partial charge in [-0.05, 0) is 36.3 Å². The summed E-state index contributed by atoms with van der Waals surface area (Å²) in [5.41, 5.74) is 3.27. The number of rotatable bonds is 6. The Morgan fingerprint density at radius 2 is 2.11 bits per heavy atom. The second-order valence-corrected chi connectivity index (χ2v) is 5.71. The third kappa shape index (κ3) is 2.30. The van der Waals surface area contributed by atoms with Crippen molar-refractivity contribution in [1.82, 2.24) is 10.3 Å². The zero-order valence-electron chi connectivity index (χ0n) is 11.1. The zero-order chi connectivity index (χ0) is 12.4. The number of hydrogen-bond acceptors (Lipinski definition) is 1. The first kappa shape index (κ1) is 11.8. The van der Waals surface area contributed by atoms with Crippen molar-refractivity contribution < 1.29 is 0 Å². The Morgan fingerprint density at radius 1 is 1.28 bits per heavy atom. The number of nitrogens with one attached hydrogen (secondary N) is 2. The summed E-state index contributed by atoms with van der Waals surface area (Å²) in [6.07, 6.45) is 7.67. The molecule has 0 radical (unpaired) electrons. The molecule has 0 bridgehead atoms. The Balaban J connectivity index is 1.60. The fourth-order valence-electron chi connectivity index (χ4n) is 2.96. The van der Waals surface area contributed by atoms with E-state index in [0.29, 0.717) is 5.41 Å². The van der Waals surface area contributed by atoms with Gasteiger partial charge < -0.3 is 10.3 Å². The smallest absolute Gasteiger partial charge is 0.0457 e. The molecule has 2 aromatic rings. The van der Waals surface area contributed by atoms with E-state index in [4.69, 9.17) is 0 Å². The SMILES string of the molecule is CCCC1(CNCc2c[nH]c3ccccc23)CC1. The molecule has 0 spiro atoms. The van der Waals surface area contributed by atoms with Gasteiger partial charge in [-0.1, -0.05) is 31.5 Å². The minimum atomic E-state index is 0.640. The second kappa shape index (κ2) is 4.77. The van der Waals surface area contributed by atoms with E-state index in [1.807, 2.05) is 0 Å². The summed E-state index contributed by atoms with van der Waals surface area (Å²) >= 11 is 0. The quantitative estimate of drug-likeness (QED) is 0.791. The van der Waals surface area contributed by atoms with E-state index in [2.05, 4.69) is 47.7 Å². The van der Waals surface area contributed by atoms with Crippen LogP contribution in [-0.2, 0) is 6.54 Å². The van der Waals surface area contributed by atoms with Gasteiger partial charge in [0.05, 0.1) is 0 Å². The molecule has 1 heterocycles. The highest BCUT2D eigenvalue weighted by Crippen LogP contribution is 2.48. The molecule has 2 nitrogen and oxygen atoms in total. The molecule has 1 saturated carbocycles. The van der Waals surface area contributed by atoms with Crippen LogP contribution >= 0.6 is 0 Å². The third-order valence-corrected chi connectivity index (χ3v) is 4.23. The average molecular weight is 242 g/mol. The lowest BCUT2D eigenvalue weighted by Crippen LogP contribution is -2.23. The van der Waals surface area contributed by atoms with Crippen molar-refractivity contribution in [2.45, 2.75) is 39.2 Å². The highest BCUT2D eigenvalue weighted by atomic mass is 14.9. The molecule has 1 aromatic heterocycles. The van der Waals surface area contributed by atoms with Crippen molar-refractivity contribution in [2.24, 2.45) is 5.41 Å². The largest absolute Gasteiger partial charge is 0.361 e. The lowest BCUT2D eigenvalue weighted by molar-refractivity contribution is 0.421. The highest BCUT2D eigenvalue weighted by molar-refractivity contribution is 5.82. The van der Waals surface area contributed by atoms with Gasteiger partial charge in [-0.25, -0.2) is 0 Å². The van der Waals surface area contributed by atoms with Gasteiger partial charge in [0.25, 0.3) is 0 Å². The van der Waals surface area contributed by atoms with Gasteiger partial charge in [0, 0.05) is 30.2 Å². The summed E-state index contributed by atoms with van der Waals surface area (Å²) in [5, 5.41) is 5.00. The Hall–Kier alpha value is -1.28. The van der Waals surface area contributed by atoms with Crippen molar-refractivity contribution >= 4 is 10.9 Å². The molecule has 0 amide bonds. The van der Waals surface area contributed by atoms with Crippen molar-refractivity contribution in [2.75, 3.05) is 6.54 Å². The van der Waals surface area contributed by atoms with E-state index in [1.54, 1.807) is 0 Å². The zero-order valence-corrected chi connectivity index (χ0v) is 11.1. The van der Waals surface area contributed by atoms with Crippen LogP contribution in [0.2, 0.25) is 0 Å². The minimum Gasteiger partial charge on any atom is -0.361 e. The predicted octanol–water partition coefficient (Wildman–Crippen LogP) is 3.84. The molecule has 1 aliphatic carbocycles. The molecule has 0 unspecified atom stereocenters. The van der Waals surface area contributed by atoms with Crippen LogP contribution in [0, 0.1) is 5.41 Å². The van der Waals surface area contributed by atoms with Crippen molar-refractivity contribution in [1.29, 1.82) is 0 Å². The van der Waals surface area contributed by atoms with E-state index >= 15 is 0 Å². The van der Waals surface area contributed by atoms with E-state index in [1.165, 1.54) is 48.7 Å². The van der Waals surface area contributed by atoms with Gasteiger partial charge in [0.2, 0.25) is 0 Å². The van der Waals surface area contributed by atoms with Crippen molar-refractivity contribution in [3.8, 4) is 0 Å². The number of benzene rings is 1. The Morgan fingerprint density at radius 3 is 2.89 bits per heavy atom. The number of fused-ring (bicyclic) bond motifs is 1. The standard InChI is InChI=1S/C16H22N2/c1-2-7-16(8-9-16)12-17-10-13-11-18-15-6-4-3-5-14(13)15/h3-6,11,17-18H,2,7-10,12H2,1H3. The maximum atomic E-state index is 3.65. The number of hydrogen-bond donors (Lipinski definition) is 2. The van der Waals surface area contributed by atoms with Crippen LogP contribution in [0.3, 0.4) is 0 Å². The molecule has 1 fully saturated rings. The van der Waals surface area contributed by atoms with Crippen LogP contribution in [0.5, 0.6) is 0 Å². The van der Waals surface area contributed by atoms with Gasteiger partial charge in [-0.2, -0.15) is 0 Å². The molecule has 0 saturated heterocycles. The molecule has 96 valence electrons. The first-order chi connectivity index (χ1) is 8.83. The summed E-state index contributed by atoms with van der Waals surface area (Å²) in [6.45, 7) is 4.45. The van der Waals surface area contributed by atoms with Crippen LogP contribution in [0.1, 0.15) is 38.2 Å². The highest BCUT2D eigenvalue weighted by Gasteiger charge is 2.40.